The Hall–Kier alpha value is -0.620. The van der Waals surface area contributed by atoms with Gasteiger partial charge in [0.15, 0.2) is 9.84 Å². The van der Waals surface area contributed by atoms with Crippen molar-refractivity contribution in [2.45, 2.75) is 32.9 Å². The van der Waals surface area contributed by atoms with Crippen molar-refractivity contribution in [2.24, 2.45) is 10.6 Å². The van der Waals surface area contributed by atoms with Crippen molar-refractivity contribution in [3.63, 3.8) is 0 Å². The number of nitrogens with zero attached hydrogens (tertiary/aromatic N) is 1. The van der Waals surface area contributed by atoms with Crippen LogP contribution in [0.5, 0.6) is 0 Å². The molecule has 5 nitrogen and oxygen atoms in total. The molecule has 15 heavy (non-hydrogen) atoms. The maximum absolute atomic E-state index is 11.6. The summed E-state index contributed by atoms with van der Waals surface area (Å²) in [6.07, 6.45) is 0. The van der Waals surface area contributed by atoms with Crippen LogP contribution in [0, 0.1) is 5.41 Å². The molecule has 0 aliphatic carbocycles. The molecule has 0 radical (unpaired) electrons. The smallest absolute Gasteiger partial charge is 0.160 e. The summed E-state index contributed by atoms with van der Waals surface area (Å²) < 4.78 is 23.3. The van der Waals surface area contributed by atoms with E-state index >= 15 is 0 Å². The Morgan fingerprint density at radius 2 is 1.87 bits per heavy atom. The highest BCUT2D eigenvalue weighted by Gasteiger charge is 2.35. The van der Waals surface area contributed by atoms with E-state index in [1.807, 2.05) is 0 Å². The maximum Gasteiger partial charge on any atom is 0.160 e. The second-order valence-corrected chi connectivity index (χ2v) is 6.83. The minimum Gasteiger partial charge on any atom is -0.411 e. The third kappa shape index (κ3) is 3.46. The standard InChI is InChI=1S/C9H19NO4S/c1-5-15(13,14)7(6-11)8(10-12)9(2,3)4/h7,11-12H,5-6H2,1-4H3/b10-8-/t7-/m1/s1. The number of oxime groups is 1. The van der Waals surface area contributed by atoms with Crippen LogP contribution in [0.15, 0.2) is 5.16 Å². The second-order valence-electron chi connectivity index (χ2n) is 4.36. The summed E-state index contributed by atoms with van der Waals surface area (Å²) in [6.45, 7) is 6.13. The molecule has 0 saturated carbocycles. The first-order chi connectivity index (χ1) is 6.70. The van der Waals surface area contributed by atoms with Crippen LogP contribution in [0.2, 0.25) is 0 Å². The summed E-state index contributed by atoms with van der Waals surface area (Å²) in [5.74, 6) is -0.0900. The van der Waals surface area contributed by atoms with Crippen molar-refractivity contribution in [3.05, 3.63) is 0 Å². The normalized spacial score (nSPS) is 16.5. The van der Waals surface area contributed by atoms with Crippen LogP contribution in [0.25, 0.3) is 0 Å². The van der Waals surface area contributed by atoms with Gasteiger partial charge in [-0.3, -0.25) is 0 Å². The fourth-order valence-corrected chi connectivity index (χ4v) is 2.64. The van der Waals surface area contributed by atoms with Crippen LogP contribution < -0.4 is 0 Å². The molecule has 0 heterocycles. The molecule has 0 amide bonds. The molecule has 0 spiro atoms. The van der Waals surface area contributed by atoms with E-state index in [1.165, 1.54) is 6.92 Å². The third-order valence-corrected chi connectivity index (χ3v) is 4.23. The summed E-state index contributed by atoms with van der Waals surface area (Å²) in [6, 6.07) is 0. The van der Waals surface area contributed by atoms with Crippen LogP contribution in [-0.4, -0.2) is 42.1 Å². The Balaban J connectivity index is 5.33. The highest BCUT2D eigenvalue weighted by atomic mass is 32.2. The van der Waals surface area contributed by atoms with Gasteiger partial charge in [0.1, 0.15) is 5.25 Å². The van der Waals surface area contributed by atoms with Crippen molar-refractivity contribution in [1.29, 1.82) is 0 Å². The fraction of sp³-hybridized carbons (Fsp3) is 0.889. The van der Waals surface area contributed by atoms with Crippen molar-refractivity contribution >= 4 is 15.5 Å². The quantitative estimate of drug-likeness (QED) is 0.427. The van der Waals surface area contributed by atoms with Gasteiger partial charge in [-0.25, -0.2) is 8.42 Å². The van der Waals surface area contributed by atoms with Gasteiger partial charge in [0.2, 0.25) is 0 Å². The lowest BCUT2D eigenvalue weighted by atomic mass is 9.88. The summed E-state index contributed by atoms with van der Waals surface area (Å²) in [4.78, 5) is 0. The summed E-state index contributed by atoms with van der Waals surface area (Å²) in [7, 11) is -3.45. The highest BCUT2D eigenvalue weighted by molar-refractivity contribution is 7.92. The first kappa shape index (κ1) is 14.4. The zero-order valence-corrected chi connectivity index (χ0v) is 10.4. The van der Waals surface area contributed by atoms with Crippen LogP contribution >= 0.6 is 0 Å². The monoisotopic (exact) mass is 237 g/mol. The molecule has 0 aromatic carbocycles. The van der Waals surface area contributed by atoms with Crippen LogP contribution in [0.1, 0.15) is 27.7 Å². The predicted octanol–water partition coefficient (Wildman–Crippen LogP) is 0.658. The molecule has 0 fully saturated rings. The zero-order chi connectivity index (χ0) is 12.3. The summed E-state index contributed by atoms with van der Waals surface area (Å²) in [5.41, 5.74) is -0.503. The minimum atomic E-state index is -3.45. The lowest BCUT2D eigenvalue weighted by Crippen LogP contribution is -2.41. The molecule has 90 valence electrons. The molecule has 0 aromatic rings. The van der Waals surface area contributed by atoms with Crippen LogP contribution in [0.4, 0.5) is 0 Å². The van der Waals surface area contributed by atoms with E-state index < -0.39 is 27.1 Å². The Bertz CT molecular complexity index is 327. The van der Waals surface area contributed by atoms with Gasteiger partial charge in [-0.15, -0.1) is 0 Å². The summed E-state index contributed by atoms with van der Waals surface area (Å²) in [5, 5.41) is 19.8. The van der Waals surface area contributed by atoms with Crippen LogP contribution in [0.3, 0.4) is 0 Å². The van der Waals surface area contributed by atoms with Gasteiger partial charge >= 0.3 is 0 Å². The average molecular weight is 237 g/mol. The SMILES string of the molecule is CCS(=O)(=O)[C@H](CO)/C(=N/O)C(C)(C)C. The zero-order valence-electron chi connectivity index (χ0n) is 9.56. The van der Waals surface area contributed by atoms with Gasteiger partial charge in [-0.1, -0.05) is 32.9 Å². The van der Waals surface area contributed by atoms with E-state index in [2.05, 4.69) is 5.16 Å². The van der Waals surface area contributed by atoms with E-state index in [1.54, 1.807) is 20.8 Å². The number of aliphatic hydroxyl groups is 1. The van der Waals surface area contributed by atoms with E-state index in [-0.39, 0.29) is 11.5 Å². The van der Waals surface area contributed by atoms with Crippen molar-refractivity contribution < 1.29 is 18.7 Å². The fourth-order valence-electron chi connectivity index (χ4n) is 1.27. The molecule has 0 saturated heterocycles. The average Bonchev–Trinajstić information content (AvgIpc) is 2.11. The molecule has 0 bridgehead atoms. The van der Waals surface area contributed by atoms with E-state index in [0.717, 1.165) is 0 Å². The topological polar surface area (TPSA) is 87.0 Å². The number of hydrogen-bond acceptors (Lipinski definition) is 5. The van der Waals surface area contributed by atoms with Crippen molar-refractivity contribution in [2.75, 3.05) is 12.4 Å². The van der Waals surface area contributed by atoms with E-state index in [9.17, 15) is 8.42 Å². The third-order valence-electron chi connectivity index (χ3n) is 2.18. The molecule has 2 N–H and O–H groups in total. The Morgan fingerprint density at radius 3 is 2.07 bits per heavy atom. The molecular formula is C9H19NO4S. The molecule has 0 unspecified atom stereocenters. The Morgan fingerprint density at radius 1 is 1.40 bits per heavy atom. The number of sulfone groups is 1. The molecule has 0 aromatic heterocycles. The first-order valence-electron chi connectivity index (χ1n) is 4.75. The molecule has 6 heteroatoms. The van der Waals surface area contributed by atoms with Gasteiger partial charge in [0.25, 0.3) is 0 Å². The van der Waals surface area contributed by atoms with Crippen molar-refractivity contribution in [1.82, 2.24) is 0 Å². The van der Waals surface area contributed by atoms with Gasteiger partial charge in [-0.2, -0.15) is 0 Å². The van der Waals surface area contributed by atoms with Gasteiger partial charge in [-0.05, 0) is 0 Å². The van der Waals surface area contributed by atoms with Gasteiger partial charge in [0.05, 0.1) is 12.3 Å². The predicted molar refractivity (Wildman–Crippen MR) is 59.0 cm³/mol. The molecular weight excluding hydrogens is 218 g/mol. The Labute approximate surface area is 90.7 Å². The molecule has 0 aliphatic rings. The van der Waals surface area contributed by atoms with Crippen molar-refractivity contribution in [3.8, 4) is 0 Å². The minimum absolute atomic E-state index is 0.0897. The van der Waals surface area contributed by atoms with Gasteiger partial charge < -0.3 is 10.3 Å². The molecule has 0 aliphatic heterocycles. The largest absolute Gasteiger partial charge is 0.411 e. The lowest BCUT2D eigenvalue weighted by molar-refractivity contribution is 0.286. The molecule has 0 rings (SSSR count). The van der Waals surface area contributed by atoms with E-state index in [4.69, 9.17) is 10.3 Å². The van der Waals surface area contributed by atoms with Gasteiger partial charge in [0, 0.05) is 11.2 Å². The number of rotatable bonds is 4. The maximum atomic E-state index is 11.6. The Kier molecular flexibility index (Phi) is 4.73. The van der Waals surface area contributed by atoms with E-state index in [0.29, 0.717) is 0 Å². The number of aliphatic hydroxyl groups excluding tert-OH is 1. The highest BCUT2D eigenvalue weighted by Crippen LogP contribution is 2.22. The molecule has 1 atom stereocenters. The van der Waals surface area contributed by atoms with Crippen LogP contribution in [-0.2, 0) is 9.84 Å². The second kappa shape index (κ2) is 4.94. The summed E-state index contributed by atoms with van der Waals surface area (Å²) >= 11 is 0. The number of hydrogen-bond donors (Lipinski definition) is 2. The lowest BCUT2D eigenvalue weighted by Gasteiger charge is -2.25. The first-order valence-corrected chi connectivity index (χ1v) is 6.47.